The van der Waals surface area contributed by atoms with Gasteiger partial charge in [-0.15, -0.1) is 0 Å². The predicted molar refractivity (Wildman–Crippen MR) is 88.4 cm³/mol. The van der Waals surface area contributed by atoms with E-state index in [1.807, 2.05) is 0 Å². The van der Waals surface area contributed by atoms with E-state index in [1.54, 1.807) is 0 Å². The molecular formula is C17H24Cl2Zr. The van der Waals surface area contributed by atoms with Crippen LogP contribution in [-0.2, 0) is 27.3 Å². The fourth-order valence-corrected chi connectivity index (χ4v) is 1.80. The number of halogens is 2. The van der Waals surface area contributed by atoms with Crippen LogP contribution in [0.2, 0.25) is 0 Å². The van der Waals surface area contributed by atoms with Crippen molar-refractivity contribution >= 4 is 17.0 Å². The summed E-state index contributed by atoms with van der Waals surface area (Å²) >= 11 is -0.826. The van der Waals surface area contributed by atoms with E-state index in [-0.39, 0.29) is 0 Å². The van der Waals surface area contributed by atoms with E-state index < -0.39 is 20.8 Å². The Labute approximate surface area is 142 Å². The monoisotopic (exact) mass is 388 g/mol. The summed E-state index contributed by atoms with van der Waals surface area (Å²) in [6.45, 7) is 8.89. The first-order valence-electron chi connectivity index (χ1n) is 6.89. The molecular weight excluding hydrogens is 366 g/mol. The molecule has 110 valence electrons. The van der Waals surface area contributed by atoms with Crippen LogP contribution in [0.4, 0.5) is 0 Å². The van der Waals surface area contributed by atoms with Crippen LogP contribution in [0.3, 0.4) is 0 Å². The molecule has 0 amide bonds. The Morgan fingerprint density at radius 2 is 1.25 bits per heavy atom. The van der Waals surface area contributed by atoms with Gasteiger partial charge in [-0.25, -0.2) is 24.3 Å². The van der Waals surface area contributed by atoms with Crippen molar-refractivity contribution in [2.45, 2.75) is 40.0 Å². The van der Waals surface area contributed by atoms with Crippen LogP contribution in [0.15, 0.2) is 48.5 Å². The molecule has 2 rings (SSSR count). The number of rotatable bonds is 3. The van der Waals surface area contributed by atoms with Gasteiger partial charge in [0.1, 0.15) is 0 Å². The molecule has 0 nitrogen and oxygen atoms in total. The minimum atomic E-state index is -0.826. The van der Waals surface area contributed by atoms with Gasteiger partial charge in [-0.05, 0) is 0 Å². The van der Waals surface area contributed by atoms with Crippen LogP contribution in [0.5, 0.6) is 0 Å². The summed E-state index contributed by atoms with van der Waals surface area (Å²) in [7, 11) is 9.87. The predicted octanol–water partition coefficient (Wildman–Crippen LogP) is 6.51. The summed E-state index contributed by atoms with van der Waals surface area (Å²) in [6.07, 6.45) is 1.22. The molecule has 2 aromatic carbocycles. The quantitative estimate of drug-likeness (QED) is 0.524. The Bertz CT molecular complexity index is 389. The first-order valence-corrected chi connectivity index (χ1v) is 13.2. The van der Waals surface area contributed by atoms with E-state index in [9.17, 15) is 0 Å². The molecule has 0 radical (unpaired) electrons. The van der Waals surface area contributed by atoms with E-state index in [0.717, 1.165) is 5.92 Å². The van der Waals surface area contributed by atoms with Crippen molar-refractivity contribution in [2.24, 2.45) is 5.92 Å². The maximum atomic E-state index is 4.93. The van der Waals surface area contributed by atoms with Gasteiger partial charge in [0.15, 0.2) is 0 Å². The Balaban J connectivity index is 0.000000304. The van der Waals surface area contributed by atoms with Crippen LogP contribution in [0.1, 0.15) is 44.7 Å². The molecule has 0 saturated carbocycles. The second-order valence-electron chi connectivity index (χ2n) is 5.34. The third kappa shape index (κ3) is 10.9. The Hall–Kier alpha value is 0.163. The van der Waals surface area contributed by atoms with Crippen LogP contribution in [-0.4, -0.2) is 0 Å². The van der Waals surface area contributed by atoms with Gasteiger partial charge in [0, 0.05) is 0 Å². The van der Waals surface area contributed by atoms with E-state index >= 15 is 0 Å². The van der Waals surface area contributed by atoms with Gasteiger partial charge in [0.05, 0.1) is 0 Å². The fourth-order valence-electron chi connectivity index (χ4n) is 1.80. The summed E-state index contributed by atoms with van der Waals surface area (Å²) in [4.78, 5) is 0. The zero-order valence-electron chi connectivity index (χ0n) is 12.7. The van der Waals surface area contributed by atoms with Gasteiger partial charge in [-0.3, -0.25) is 0 Å². The van der Waals surface area contributed by atoms with Crippen molar-refractivity contribution in [1.29, 1.82) is 0 Å². The molecule has 0 unspecified atom stereocenters. The van der Waals surface area contributed by atoms with Gasteiger partial charge in [0.25, 0.3) is 0 Å². The second-order valence-corrected chi connectivity index (χ2v) is 9.07. The number of hydrogen-bond donors (Lipinski definition) is 0. The number of hydrogen-bond acceptors (Lipinski definition) is 0. The molecule has 0 fully saturated rings. The molecule has 0 saturated heterocycles. The van der Waals surface area contributed by atoms with Gasteiger partial charge in [-0.2, -0.15) is 35.4 Å². The average Bonchev–Trinajstić information content (AvgIpc) is 3.01. The summed E-state index contributed by atoms with van der Waals surface area (Å²) in [5, 5.41) is 0. The van der Waals surface area contributed by atoms with Gasteiger partial charge >= 0.3 is 37.9 Å². The van der Waals surface area contributed by atoms with E-state index in [1.165, 1.54) is 17.5 Å². The average molecular weight is 391 g/mol. The van der Waals surface area contributed by atoms with Crippen molar-refractivity contribution in [3.8, 4) is 0 Å². The van der Waals surface area contributed by atoms with E-state index in [2.05, 4.69) is 76.2 Å². The molecule has 0 N–H and O–H groups in total. The SMILES string of the molecule is CC(C)C[c-]1cccc1.CC(C)[c-]1cccc1.[Cl][Zr+2][Cl]. The third-order valence-electron chi connectivity index (χ3n) is 2.73. The normalized spacial score (nSPS) is 9.40. The first kappa shape index (κ1) is 20.2. The summed E-state index contributed by atoms with van der Waals surface area (Å²) < 4.78 is 0. The van der Waals surface area contributed by atoms with Gasteiger partial charge in [0.2, 0.25) is 0 Å². The van der Waals surface area contributed by atoms with Crippen LogP contribution >= 0.6 is 17.0 Å². The molecule has 0 aliphatic rings. The van der Waals surface area contributed by atoms with Crippen molar-refractivity contribution < 1.29 is 20.8 Å². The topological polar surface area (TPSA) is 0 Å². The van der Waals surface area contributed by atoms with Crippen molar-refractivity contribution in [2.75, 3.05) is 0 Å². The summed E-state index contributed by atoms with van der Waals surface area (Å²) in [5.74, 6) is 1.47. The zero-order valence-corrected chi connectivity index (χ0v) is 16.7. The van der Waals surface area contributed by atoms with Crippen molar-refractivity contribution in [1.82, 2.24) is 0 Å². The summed E-state index contributed by atoms with van der Waals surface area (Å²) in [6, 6.07) is 17.0. The molecule has 2 aromatic rings. The Morgan fingerprint density at radius 3 is 1.55 bits per heavy atom. The first-order chi connectivity index (χ1) is 9.51. The third-order valence-corrected chi connectivity index (χ3v) is 2.73. The molecule has 0 bridgehead atoms. The van der Waals surface area contributed by atoms with Gasteiger partial charge < -0.3 is 0 Å². The molecule has 0 aromatic heterocycles. The molecule has 0 heterocycles. The molecule has 0 aliphatic carbocycles. The molecule has 3 heteroatoms. The Morgan fingerprint density at radius 1 is 0.850 bits per heavy atom. The minimum absolute atomic E-state index is 0.685. The second kappa shape index (κ2) is 12.9. The summed E-state index contributed by atoms with van der Waals surface area (Å²) in [5.41, 5.74) is 2.90. The van der Waals surface area contributed by atoms with Crippen LogP contribution in [0, 0.1) is 5.92 Å². The standard InChI is InChI=1S/C9H13.C8H11.2ClH.Zr/c1-8(2)7-9-5-3-4-6-9;1-7(2)8-5-3-4-6-8;;;/h3-6,8H,7H2,1-2H3;3-7H,1-2H3;2*1H;/q2*-1;;;+4/p-2. The Kier molecular flexibility index (Phi) is 13.0. The van der Waals surface area contributed by atoms with E-state index in [4.69, 9.17) is 17.0 Å². The van der Waals surface area contributed by atoms with Crippen molar-refractivity contribution in [3.63, 3.8) is 0 Å². The van der Waals surface area contributed by atoms with Crippen LogP contribution < -0.4 is 0 Å². The van der Waals surface area contributed by atoms with Crippen molar-refractivity contribution in [3.05, 3.63) is 59.7 Å². The molecule has 0 spiro atoms. The molecule has 0 aliphatic heterocycles. The van der Waals surface area contributed by atoms with E-state index in [0.29, 0.717) is 5.92 Å². The van der Waals surface area contributed by atoms with Gasteiger partial charge in [-0.1, -0.05) is 46.0 Å². The fraction of sp³-hybridized carbons (Fsp3) is 0.412. The maximum absolute atomic E-state index is 4.93. The zero-order chi connectivity index (χ0) is 15.4. The molecule has 0 atom stereocenters. The molecule has 20 heavy (non-hydrogen) atoms. The van der Waals surface area contributed by atoms with Crippen LogP contribution in [0.25, 0.3) is 0 Å².